The van der Waals surface area contributed by atoms with Gasteiger partial charge in [0, 0.05) is 5.02 Å². The molecule has 1 amide bonds. The molecule has 1 aromatic rings. The van der Waals surface area contributed by atoms with E-state index in [9.17, 15) is 9.59 Å². The molecule has 1 rings (SSSR count). The molecule has 1 aromatic carbocycles. The van der Waals surface area contributed by atoms with Gasteiger partial charge in [-0.3, -0.25) is 4.79 Å². The third-order valence-corrected chi connectivity index (χ3v) is 2.53. The van der Waals surface area contributed by atoms with Gasteiger partial charge in [0.15, 0.2) is 0 Å². The topological polar surface area (TPSA) is 66.4 Å². The first kappa shape index (κ1) is 13.5. The number of aliphatic carboxylic acids is 1. The maximum absolute atomic E-state index is 11.6. The lowest BCUT2D eigenvalue weighted by atomic mass is 10.1. The lowest BCUT2D eigenvalue weighted by molar-refractivity contribution is -0.141. The van der Waals surface area contributed by atoms with Crippen molar-refractivity contribution in [3.8, 4) is 0 Å². The Bertz CT molecular complexity index is 420. The number of carbonyl (C=O) groups is 2. The molecule has 0 radical (unpaired) electrons. The summed E-state index contributed by atoms with van der Waals surface area (Å²) in [4.78, 5) is 22.3. The van der Waals surface area contributed by atoms with Crippen molar-refractivity contribution in [1.29, 1.82) is 0 Å². The summed E-state index contributed by atoms with van der Waals surface area (Å²) in [6.07, 6.45) is 0.487. The zero-order valence-electron chi connectivity index (χ0n) is 9.44. The molecule has 4 nitrogen and oxygen atoms in total. The van der Waals surface area contributed by atoms with E-state index < -0.39 is 12.0 Å². The fourth-order valence-electron chi connectivity index (χ4n) is 1.42. The van der Waals surface area contributed by atoms with E-state index in [2.05, 4.69) is 5.32 Å². The molecule has 0 saturated heterocycles. The van der Waals surface area contributed by atoms with Crippen LogP contribution in [0.3, 0.4) is 0 Å². The fraction of sp³-hybridized carbons (Fsp3) is 0.333. The summed E-state index contributed by atoms with van der Waals surface area (Å²) in [6, 6.07) is 6.09. The van der Waals surface area contributed by atoms with Crippen LogP contribution in [0.1, 0.15) is 18.9 Å². The van der Waals surface area contributed by atoms with Gasteiger partial charge in [-0.15, -0.1) is 0 Å². The van der Waals surface area contributed by atoms with Gasteiger partial charge in [-0.25, -0.2) is 4.79 Å². The number of carboxylic acids is 1. The highest BCUT2D eigenvalue weighted by Crippen LogP contribution is 2.11. The van der Waals surface area contributed by atoms with Crippen LogP contribution in [0.25, 0.3) is 0 Å². The molecule has 0 saturated carbocycles. The maximum atomic E-state index is 11.6. The Morgan fingerprint density at radius 1 is 1.47 bits per heavy atom. The number of amides is 1. The smallest absolute Gasteiger partial charge is 0.326 e. The van der Waals surface area contributed by atoms with Gasteiger partial charge in [0.05, 0.1) is 6.42 Å². The zero-order valence-corrected chi connectivity index (χ0v) is 10.2. The molecule has 0 aromatic heterocycles. The van der Waals surface area contributed by atoms with Crippen LogP contribution in [0.5, 0.6) is 0 Å². The summed E-state index contributed by atoms with van der Waals surface area (Å²) in [7, 11) is 0. The molecule has 92 valence electrons. The number of carbonyl (C=O) groups excluding carboxylic acids is 1. The number of benzene rings is 1. The Kier molecular flexibility index (Phi) is 4.97. The van der Waals surface area contributed by atoms with Gasteiger partial charge >= 0.3 is 5.97 Å². The number of hydrogen-bond acceptors (Lipinski definition) is 2. The van der Waals surface area contributed by atoms with Crippen molar-refractivity contribution in [3.63, 3.8) is 0 Å². The zero-order chi connectivity index (χ0) is 12.8. The number of nitrogens with one attached hydrogen (secondary N) is 1. The molecule has 0 aliphatic heterocycles. The van der Waals surface area contributed by atoms with Gasteiger partial charge in [-0.1, -0.05) is 30.7 Å². The average molecular weight is 256 g/mol. The van der Waals surface area contributed by atoms with E-state index in [1.54, 1.807) is 31.2 Å². The first-order chi connectivity index (χ1) is 8.02. The lowest BCUT2D eigenvalue weighted by Crippen LogP contribution is -2.40. The SMILES string of the molecule is CCC(NC(=O)Cc1cccc(Cl)c1)C(=O)O. The Morgan fingerprint density at radius 3 is 2.71 bits per heavy atom. The second-order valence-electron chi connectivity index (χ2n) is 3.67. The molecule has 0 heterocycles. The highest BCUT2D eigenvalue weighted by atomic mass is 35.5. The number of rotatable bonds is 5. The van der Waals surface area contributed by atoms with Gasteiger partial charge in [-0.2, -0.15) is 0 Å². The monoisotopic (exact) mass is 255 g/mol. The van der Waals surface area contributed by atoms with Gasteiger partial charge in [0.2, 0.25) is 5.91 Å². The Balaban J connectivity index is 2.58. The van der Waals surface area contributed by atoms with Crippen LogP contribution in [-0.4, -0.2) is 23.0 Å². The predicted octanol–water partition coefficient (Wildman–Crippen LogP) is 1.86. The van der Waals surface area contributed by atoms with E-state index in [1.807, 2.05) is 0 Å². The van der Waals surface area contributed by atoms with Gasteiger partial charge in [-0.05, 0) is 24.1 Å². The molecule has 2 N–H and O–H groups in total. The summed E-state index contributed by atoms with van der Waals surface area (Å²) < 4.78 is 0. The summed E-state index contributed by atoms with van der Waals surface area (Å²) in [6.45, 7) is 1.71. The van der Waals surface area contributed by atoms with E-state index in [4.69, 9.17) is 16.7 Å². The fourth-order valence-corrected chi connectivity index (χ4v) is 1.63. The van der Waals surface area contributed by atoms with Crippen molar-refractivity contribution in [2.45, 2.75) is 25.8 Å². The third kappa shape index (κ3) is 4.44. The molecule has 0 fully saturated rings. The van der Waals surface area contributed by atoms with Crippen molar-refractivity contribution in [1.82, 2.24) is 5.32 Å². The summed E-state index contributed by atoms with van der Waals surface area (Å²) in [5.41, 5.74) is 0.759. The molecule has 1 atom stereocenters. The molecule has 17 heavy (non-hydrogen) atoms. The molecule has 0 aliphatic rings. The first-order valence-corrected chi connectivity index (χ1v) is 5.67. The minimum atomic E-state index is -1.02. The predicted molar refractivity (Wildman–Crippen MR) is 65.0 cm³/mol. The Labute approximate surface area is 105 Å². The molecule has 5 heteroatoms. The molecule has 0 bridgehead atoms. The number of hydrogen-bond donors (Lipinski definition) is 2. The quantitative estimate of drug-likeness (QED) is 0.844. The van der Waals surface area contributed by atoms with Gasteiger partial charge < -0.3 is 10.4 Å². The highest BCUT2D eigenvalue weighted by molar-refractivity contribution is 6.30. The van der Waals surface area contributed by atoms with Gasteiger partial charge in [0.1, 0.15) is 6.04 Å². The Hall–Kier alpha value is -1.55. The van der Waals surface area contributed by atoms with E-state index in [-0.39, 0.29) is 12.3 Å². The van der Waals surface area contributed by atoms with Crippen LogP contribution < -0.4 is 5.32 Å². The van der Waals surface area contributed by atoms with E-state index in [0.717, 1.165) is 5.56 Å². The van der Waals surface area contributed by atoms with Crippen LogP contribution in [0, 0.1) is 0 Å². The van der Waals surface area contributed by atoms with Crippen LogP contribution in [0.4, 0.5) is 0 Å². The molecular weight excluding hydrogens is 242 g/mol. The minimum absolute atomic E-state index is 0.129. The van der Waals surface area contributed by atoms with Crippen molar-refractivity contribution >= 4 is 23.5 Å². The molecule has 0 spiro atoms. The van der Waals surface area contributed by atoms with E-state index in [0.29, 0.717) is 11.4 Å². The van der Waals surface area contributed by atoms with Crippen molar-refractivity contribution in [3.05, 3.63) is 34.9 Å². The number of halogens is 1. The minimum Gasteiger partial charge on any atom is -0.480 e. The number of carboxylic acid groups (broad SMARTS) is 1. The Morgan fingerprint density at radius 2 is 2.18 bits per heavy atom. The molecule has 1 unspecified atom stereocenters. The standard InChI is InChI=1S/C12H14ClNO3/c1-2-10(12(16)17)14-11(15)7-8-4-3-5-9(13)6-8/h3-6,10H,2,7H2,1H3,(H,14,15)(H,16,17). The van der Waals surface area contributed by atoms with Crippen LogP contribution >= 0.6 is 11.6 Å². The first-order valence-electron chi connectivity index (χ1n) is 5.29. The maximum Gasteiger partial charge on any atom is 0.326 e. The normalized spacial score (nSPS) is 11.9. The van der Waals surface area contributed by atoms with Crippen molar-refractivity contribution in [2.24, 2.45) is 0 Å². The largest absolute Gasteiger partial charge is 0.480 e. The van der Waals surface area contributed by atoms with Crippen LogP contribution in [0.2, 0.25) is 5.02 Å². The van der Waals surface area contributed by atoms with Crippen LogP contribution in [-0.2, 0) is 16.0 Å². The summed E-state index contributed by atoms with van der Waals surface area (Å²) in [5.74, 6) is -1.34. The second kappa shape index (κ2) is 6.25. The molecular formula is C12H14ClNO3. The lowest BCUT2D eigenvalue weighted by Gasteiger charge is -2.12. The highest BCUT2D eigenvalue weighted by Gasteiger charge is 2.17. The van der Waals surface area contributed by atoms with Crippen molar-refractivity contribution in [2.75, 3.05) is 0 Å². The van der Waals surface area contributed by atoms with E-state index in [1.165, 1.54) is 0 Å². The summed E-state index contributed by atoms with van der Waals surface area (Å²) >= 11 is 5.79. The van der Waals surface area contributed by atoms with E-state index >= 15 is 0 Å². The van der Waals surface area contributed by atoms with Crippen molar-refractivity contribution < 1.29 is 14.7 Å². The molecule has 0 aliphatic carbocycles. The third-order valence-electron chi connectivity index (χ3n) is 2.30. The second-order valence-corrected chi connectivity index (χ2v) is 4.11. The summed E-state index contributed by atoms with van der Waals surface area (Å²) in [5, 5.41) is 11.8. The average Bonchev–Trinajstić information content (AvgIpc) is 2.25. The van der Waals surface area contributed by atoms with Crippen LogP contribution in [0.15, 0.2) is 24.3 Å². The van der Waals surface area contributed by atoms with Gasteiger partial charge in [0.25, 0.3) is 0 Å².